The molecule has 6 heteroatoms. The van der Waals surface area contributed by atoms with E-state index in [1.54, 1.807) is 0 Å². The van der Waals surface area contributed by atoms with Crippen LogP contribution in [0.5, 0.6) is 0 Å². The number of aromatic nitrogens is 2. The van der Waals surface area contributed by atoms with Gasteiger partial charge in [-0.1, -0.05) is 18.0 Å². The van der Waals surface area contributed by atoms with Gasteiger partial charge in [0.2, 0.25) is 5.91 Å². The fraction of sp³-hybridized carbons (Fsp3) is 0.412. The molecule has 1 aliphatic rings. The van der Waals surface area contributed by atoms with Gasteiger partial charge in [-0.3, -0.25) is 9.69 Å². The van der Waals surface area contributed by atoms with Crippen molar-refractivity contribution in [3.05, 3.63) is 47.2 Å². The lowest BCUT2D eigenvalue weighted by molar-refractivity contribution is -0.119. The molecule has 122 valence electrons. The normalized spacial score (nSPS) is 18.9. The molecule has 1 amide bonds. The van der Waals surface area contributed by atoms with Crippen LogP contribution in [-0.4, -0.2) is 33.2 Å². The fourth-order valence-electron chi connectivity index (χ4n) is 3.14. The van der Waals surface area contributed by atoms with Gasteiger partial charge < -0.3 is 5.73 Å². The van der Waals surface area contributed by atoms with Crippen LogP contribution in [0.25, 0.3) is 5.69 Å². The Morgan fingerprint density at radius 2 is 2.09 bits per heavy atom. The van der Waals surface area contributed by atoms with Crippen molar-refractivity contribution < 1.29 is 4.79 Å². The molecule has 0 saturated carbocycles. The highest BCUT2D eigenvalue weighted by Crippen LogP contribution is 2.22. The summed E-state index contributed by atoms with van der Waals surface area (Å²) in [6.07, 6.45) is 7.71. The topological polar surface area (TPSA) is 64.2 Å². The summed E-state index contributed by atoms with van der Waals surface area (Å²) in [7, 11) is 0. The Bertz CT molecular complexity index is 667. The van der Waals surface area contributed by atoms with Gasteiger partial charge in [-0.15, -0.1) is 0 Å². The van der Waals surface area contributed by atoms with E-state index < -0.39 is 0 Å². The first-order valence-electron chi connectivity index (χ1n) is 7.93. The number of benzene rings is 1. The average Bonchev–Trinajstić information content (AvgIpc) is 2.98. The van der Waals surface area contributed by atoms with Crippen molar-refractivity contribution >= 4 is 17.5 Å². The zero-order chi connectivity index (χ0) is 16.2. The lowest BCUT2D eigenvalue weighted by Gasteiger charge is -2.34. The minimum Gasteiger partial charge on any atom is -0.370 e. The van der Waals surface area contributed by atoms with Crippen molar-refractivity contribution in [1.29, 1.82) is 0 Å². The number of halogens is 1. The summed E-state index contributed by atoms with van der Waals surface area (Å²) < 4.78 is 1.85. The van der Waals surface area contributed by atoms with E-state index in [0.29, 0.717) is 11.4 Å². The second-order valence-electron chi connectivity index (χ2n) is 6.06. The van der Waals surface area contributed by atoms with Crippen molar-refractivity contribution in [3.8, 4) is 5.69 Å². The minimum absolute atomic E-state index is 0.223. The van der Waals surface area contributed by atoms with E-state index in [1.807, 2.05) is 41.3 Å². The van der Waals surface area contributed by atoms with Crippen LogP contribution in [0.1, 0.15) is 31.2 Å². The second-order valence-corrected chi connectivity index (χ2v) is 6.50. The van der Waals surface area contributed by atoms with Crippen LogP contribution < -0.4 is 5.73 Å². The van der Waals surface area contributed by atoms with Crippen molar-refractivity contribution in [2.75, 3.05) is 6.54 Å². The Kier molecular flexibility index (Phi) is 4.98. The summed E-state index contributed by atoms with van der Waals surface area (Å²) >= 11 is 5.92. The molecule has 0 aliphatic carbocycles. The Labute approximate surface area is 141 Å². The molecule has 1 aromatic heterocycles. The maximum atomic E-state index is 11.3. The molecule has 0 bridgehead atoms. The molecule has 5 nitrogen and oxygen atoms in total. The standard InChI is InChI=1S/C17H21ClN4O/c18-14-4-6-15(7-5-14)22-12-13(10-20-22)11-21-8-2-1-3-16(21)9-17(19)23/h4-7,10,12,16H,1-3,8-9,11H2,(H2,19,23). The van der Waals surface area contributed by atoms with Crippen LogP contribution in [0.3, 0.4) is 0 Å². The maximum absolute atomic E-state index is 11.3. The quantitative estimate of drug-likeness (QED) is 0.915. The predicted molar refractivity (Wildman–Crippen MR) is 90.4 cm³/mol. The summed E-state index contributed by atoms with van der Waals surface area (Å²) in [5.74, 6) is -0.223. The van der Waals surface area contributed by atoms with Crippen LogP contribution >= 0.6 is 11.6 Å². The number of nitrogens with zero attached hydrogens (tertiary/aromatic N) is 3. The smallest absolute Gasteiger partial charge is 0.218 e. The first kappa shape index (κ1) is 16.0. The van der Waals surface area contributed by atoms with Crippen LogP contribution in [0, 0.1) is 0 Å². The van der Waals surface area contributed by atoms with E-state index in [-0.39, 0.29) is 11.9 Å². The number of carbonyl (C=O) groups is 1. The molecule has 3 rings (SSSR count). The molecule has 1 fully saturated rings. The molecule has 1 aromatic carbocycles. The van der Waals surface area contributed by atoms with Crippen molar-refractivity contribution in [2.45, 2.75) is 38.3 Å². The van der Waals surface area contributed by atoms with Gasteiger partial charge in [0, 0.05) is 35.8 Å². The number of amides is 1. The molecule has 1 unspecified atom stereocenters. The molecule has 23 heavy (non-hydrogen) atoms. The number of primary amides is 1. The molecule has 2 N–H and O–H groups in total. The minimum atomic E-state index is -0.223. The van der Waals surface area contributed by atoms with Gasteiger partial charge >= 0.3 is 0 Å². The number of likely N-dealkylation sites (tertiary alicyclic amines) is 1. The van der Waals surface area contributed by atoms with Gasteiger partial charge in [0.1, 0.15) is 0 Å². The molecule has 1 aliphatic heterocycles. The largest absolute Gasteiger partial charge is 0.370 e. The molecule has 1 atom stereocenters. The number of nitrogens with two attached hydrogens (primary N) is 1. The van der Waals surface area contributed by atoms with Crippen molar-refractivity contribution in [2.24, 2.45) is 5.73 Å². The summed E-state index contributed by atoms with van der Waals surface area (Å²) in [5.41, 5.74) is 7.49. The van der Waals surface area contributed by atoms with Gasteiger partial charge in [0.15, 0.2) is 0 Å². The van der Waals surface area contributed by atoms with Crippen LogP contribution in [0.15, 0.2) is 36.7 Å². The highest BCUT2D eigenvalue weighted by Gasteiger charge is 2.24. The molecular weight excluding hydrogens is 312 g/mol. The second kappa shape index (κ2) is 7.15. The fourth-order valence-corrected chi connectivity index (χ4v) is 3.27. The molecular formula is C17H21ClN4O. The third-order valence-electron chi connectivity index (χ3n) is 4.30. The Hall–Kier alpha value is -1.85. The van der Waals surface area contributed by atoms with Gasteiger partial charge in [-0.2, -0.15) is 5.10 Å². The Morgan fingerprint density at radius 3 is 2.83 bits per heavy atom. The summed E-state index contributed by atoms with van der Waals surface area (Å²) in [5, 5.41) is 5.13. The number of piperidine rings is 1. The van der Waals surface area contributed by atoms with E-state index in [1.165, 1.54) is 12.8 Å². The van der Waals surface area contributed by atoms with E-state index in [9.17, 15) is 4.79 Å². The SMILES string of the molecule is NC(=O)CC1CCCCN1Cc1cnn(-c2ccc(Cl)cc2)c1. The number of carbonyl (C=O) groups excluding carboxylic acids is 1. The molecule has 1 saturated heterocycles. The molecule has 0 spiro atoms. The van der Waals surface area contributed by atoms with Crippen molar-refractivity contribution in [1.82, 2.24) is 14.7 Å². The van der Waals surface area contributed by atoms with Crippen molar-refractivity contribution in [3.63, 3.8) is 0 Å². The van der Waals surface area contributed by atoms with Crippen LogP contribution in [0.4, 0.5) is 0 Å². The molecule has 2 heterocycles. The first-order valence-corrected chi connectivity index (χ1v) is 8.31. The van der Waals surface area contributed by atoms with Gasteiger partial charge in [0.05, 0.1) is 11.9 Å². The Balaban J connectivity index is 1.70. The zero-order valence-corrected chi connectivity index (χ0v) is 13.7. The lowest BCUT2D eigenvalue weighted by atomic mass is 9.98. The predicted octanol–water partition coefficient (Wildman–Crippen LogP) is 2.76. The van der Waals surface area contributed by atoms with E-state index in [2.05, 4.69) is 10.00 Å². The van der Waals surface area contributed by atoms with Gasteiger partial charge in [-0.25, -0.2) is 4.68 Å². The van der Waals surface area contributed by atoms with Gasteiger partial charge in [-0.05, 0) is 43.7 Å². The van der Waals surface area contributed by atoms with E-state index in [0.717, 1.165) is 30.8 Å². The summed E-state index contributed by atoms with van der Waals surface area (Å²) in [6, 6.07) is 7.84. The molecule has 2 aromatic rings. The zero-order valence-electron chi connectivity index (χ0n) is 13.0. The van der Waals surface area contributed by atoms with Gasteiger partial charge in [0.25, 0.3) is 0 Å². The monoisotopic (exact) mass is 332 g/mol. The van der Waals surface area contributed by atoms with E-state index in [4.69, 9.17) is 17.3 Å². The van der Waals surface area contributed by atoms with E-state index >= 15 is 0 Å². The maximum Gasteiger partial charge on any atom is 0.218 e. The number of hydrogen-bond acceptors (Lipinski definition) is 3. The lowest BCUT2D eigenvalue weighted by Crippen LogP contribution is -2.41. The summed E-state index contributed by atoms with van der Waals surface area (Å²) in [6.45, 7) is 1.80. The van der Waals surface area contributed by atoms with Crippen LogP contribution in [-0.2, 0) is 11.3 Å². The highest BCUT2D eigenvalue weighted by molar-refractivity contribution is 6.30. The number of rotatable bonds is 5. The number of hydrogen-bond donors (Lipinski definition) is 1. The van der Waals surface area contributed by atoms with Crippen LogP contribution in [0.2, 0.25) is 5.02 Å². The molecule has 0 radical (unpaired) electrons. The first-order chi connectivity index (χ1) is 11.1. The summed E-state index contributed by atoms with van der Waals surface area (Å²) in [4.78, 5) is 13.6. The highest BCUT2D eigenvalue weighted by atomic mass is 35.5. The Morgan fingerprint density at radius 1 is 1.30 bits per heavy atom. The third-order valence-corrected chi connectivity index (χ3v) is 4.55. The third kappa shape index (κ3) is 4.12. The average molecular weight is 333 g/mol.